The monoisotopic (exact) mass is 350 g/mol. The van der Waals surface area contributed by atoms with E-state index in [1.807, 2.05) is 30.5 Å². The quantitative estimate of drug-likeness (QED) is 0.772. The third-order valence-electron chi connectivity index (χ3n) is 3.65. The normalized spacial score (nSPS) is 17.5. The second-order valence-corrected chi connectivity index (χ2v) is 6.98. The highest BCUT2D eigenvalue weighted by Crippen LogP contribution is 2.26. The Hall–Kier alpha value is -1.80. The number of rotatable bonds is 7. The molecule has 1 N–H and O–H groups in total. The molecule has 2 aromatic heterocycles. The smallest absolute Gasteiger partial charge is 0.230 e. The average Bonchev–Trinajstić information content (AvgIpc) is 3.27. The zero-order valence-corrected chi connectivity index (χ0v) is 14.7. The largest absolute Gasteiger partial charge is 0.461 e. The van der Waals surface area contributed by atoms with Crippen molar-refractivity contribution < 1.29 is 13.9 Å². The third kappa shape index (κ3) is 4.18. The molecule has 7 nitrogen and oxygen atoms in total. The molecule has 1 atom stereocenters. The maximum absolute atomic E-state index is 11.9. The molecule has 1 fully saturated rings. The summed E-state index contributed by atoms with van der Waals surface area (Å²) in [6.07, 6.45) is 3.86. The molecule has 0 aromatic carbocycles. The van der Waals surface area contributed by atoms with E-state index in [1.54, 1.807) is 6.26 Å². The molecule has 0 spiro atoms. The van der Waals surface area contributed by atoms with Gasteiger partial charge in [0, 0.05) is 12.6 Å². The van der Waals surface area contributed by atoms with Crippen molar-refractivity contribution in [3.8, 4) is 11.6 Å². The molecule has 2 aromatic rings. The SMILES string of the molecule is CC(C)NC(=O)CSc1nnc(-c2ccco2)n1C[C@H]1CCCO1. The van der Waals surface area contributed by atoms with Crippen molar-refractivity contribution in [2.45, 2.75) is 50.5 Å². The molecule has 0 saturated carbocycles. The van der Waals surface area contributed by atoms with Gasteiger partial charge in [0.1, 0.15) is 0 Å². The lowest BCUT2D eigenvalue weighted by molar-refractivity contribution is -0.119. The number of ether oxygens (including phenoxy) is 1. The van der Waals surface area contributed by atoms with E-state index in [9.17, 15) is 4.79 Å². The first-order valence-electron chi connectivity index (χ1n) is 8.14. The van der Waals surface area contributed by atoms with Gasteiger partial charge in [-0.25, -0.2) is 0 Å². The summed E-state index contributed by atoms with van der Waals surface area (Å²) in [5.41, 5.74) is 0. The van der Waals surface area contributed by atoms with E-state index in [1.165, 1.54) is 11.8 Å². The first-order chi connectivity index (χ1) is 11.6. The Bertz CT molecular complexity index is 663. The minimum atomic E-state index is -0.0128. The van der Waals surface area contributed by atoms with Gasteiger partial charge < -0.3 is 14.5 Å². The summed E-state index contributed by atoms with van der Waals surface area (Å²) in [7, 11) is 0. The summed E-state index contributed by atoms with van der Waals surface area (Å²) in [4.78, 5) is 11.9. The fraction of sp³-hybridized carbons (Fsp3) is 0.562. The minimum absolute atomic E-state index is 0.0128. The van der Waals surface area contributed by atoms with Crippen LogP contribution in [0.1, 0.15) is 26.7 Å². The van der Waals surface area contributed by atoms with Crippen LogP contribution < -0.4 is 5.32 Å². The summed E-state index contributed by atoms with van der Waals surface area (Å²) in [6, 6.07) is 3.81. The van der Waals surface area contributed by atoms with Crippen molar-refractivity contribution in [1.82, 2.24) is 20.1 Å². The van der Waals surface area contributed by atoms with Crippen molar-refractivity contribution in [3.63, 3.8) is 0 Å². The number of carbonyl (C=O) groups is 1. The number of hydrogen-bond donors (Lipinski definition) is 1. The molecule has 3 rings (SSSR count). The Morgan fingerprint density at radius 3 is 3.04 bits per heavy atom. The van der Waals surface area contributed by atoms with E-state index in [0.717, 1.165) is 19.4 Å². The van der Waals surface area contributed by atoms with Crippen LogP contribution in [0.15, 0.2) is 28.0 Å². The number of hydrogen-bond acceptors (Lipinski definition) is 6. The van der Waals surface area contributed by atoms with E-state index in [0.29, 0.717) is 29.0 Å². The maximum Gasteiger partial charge on any atom is 0.230 e. The summed E-state index contributed by atoms with van der Waals surface area (Å²) in [5, 5.41) is 12.1. The number of carbonyl (C=O) groups excluding carboxylic acids is 1. The number of aromatic nitrogens is 3. The van der Waals surface area contributed by atoms with Crippen molar-refractivity contribution in [3.05, 3.63) is 18.4 Å². The molecule has 8 heteroatoms. The van der Waals surface area contributed by atoms with Gasteiger partial charge in [-0.15, -0.1) is 10.2 Å². The molecule has 130 valence electrons. The Morgan fingerprint density at radius 1 is 1.50 bits per heavy atom. The lowest BCUT2D eigenvalue weighted by atomic mass is 10.2. The second-order valence-electron chi connectivity index (χ2n) is 6.04. The van der Waals surface area contributed by atoms with Crippen LogP contribution in [0.4, 0.5) is 0 Å². The average molecular weight is 350 g/mol. The molecule has 0 bridgehead atoms. The summed E-state index contributed by atoms with van der Waals surface area (Å²) < 4.78 is 13.2. The van der Waals surface area contributed by atoms with E-state index in [4.69, 9.17) is 9.15 Å². The number of furan rings is 1. The molecule has 0 aliphatic carbocycles. The van der Waals surface area contributed by atoms with Gasteiger partial charge in [-0.05, 0) is 38.8 Å². The van der Waals surface area contributed by atoms with Gasteiger partial charge in [-0.3, -0.25) is 9.36 Å². The summed E-state index contributed by atoms with van der Waals surface area (Å²) in [5.74, 6) is 1.63. The standard InChI is InChI=1S/C16H22N4O3S/c1-11(2)17-14(21)10-24-16-19-18-15(13-6-4-8-23-13)20(16)9-12-5-3-7-22-12/h4,6,8,11-12H,3,5,7,9-10H2,1-2H3,(H,17,21)/t12-/m1/s1. The molecule has 3 heterocycles. The van der Waals surface area contributed by atoms with Gasteiger partial charge in [0.05, 0.1) is 24.7 Å². The van der Waals surface area contributed by atoms with E-state index in [-0.39, 0.29) is 18.1 Å². The van der Waals surface area contributed by atoms with Crippen LogP contribution >= 0.6 is 11.8 Å². The molecule has 1 aliphatic rings. The van der Waals surface area contributed by atoms with Crippen LogP contribution in [0.25, 0.3) is 11.6 Å². The van der Waals surface area contributed by atoms with E-state index >= 15 is 0 Å². The molecule has 1 amide bonds. The van der Waals surface area contributed by atoms with Crippen LogP contribution in [0.3, 0.4) is 0 Å². The zero-order valence-electron chi connectivity index (χ0n) is 13.9. The summed E-state index contributed by atoms with van der Waals surface area (Å²) in [6.45, 7) is 5.34. The molecular formula is C16H22N4O3S. The van der Waals surface area contributed by atoms with E-state index < -0.39 is 0 Å². The number of nitrogens with one attached hydrogen (secondary N) is 1. The Morgan fingerprint density at radius 2 is 2.38 bits per heavy atom. The highest BCUT2D eigenvalue weighted by Gasteiger charge is 2.23. The topological polar surface area (TPSA) is 82.2 Å². The van der Waals surface area contributed by atoms with Crippen LogP contribution in [-0.4, -0.2) is 45.2 Å². The van der Waals surface area contributed by atoms with Crippen LogP contribution in [0.2, 0.25) is 0 Å². The molecule has 0 unspecified atom stereocenters. The van der Waals surface area contributed by atoms with Crippen molar-refractivity contribution in [2.24, 2.45) is 0 Å². The van der Waals surface area contributed by atoms with Crippen LogP contribution in [-0.2, 0) is 16.1 Å². The van der Waals surface area contributed by atoms with Crippen LogP contribution in [0.5, 0.6) is 0 Å². The summed E-state index contributed by atoms with van der Waals surface area (Å²) >= 11 is 1.38. The Labute approximate surface area is 145 Å². The fourth-order valence-electron chi connectivity index (χ4n) is 2.63. The minimum Gasteiger partial charge on any atom is -0.461 e. The molecule has 24 heavy (non-hydrogen) atoms. The Balaban J connectivity index is 1.76. The first-order valence-corrected chi connectivity index (χ1v) is 9.13. The van der Waals surface area contributed by atoms with Gasteiger partial charge in [-0.2, -0.15) is 0 Å². The molecule has 1 saturated heterocycles. The van der Waals surface area contributed by atoms with E-state index in [2.05, 4.69) is 15.5 Å². The van der Waals surface area contributed by atoms with Gasteiger partial charge in [0.15, 0.2) is 10.9 Å². The highest BCUT2D eigenvalue weighted by atomic mass is 32.2. The first kappa shape index (κ1) is 17.0. The number of nitrogens with zero attached hydrogens (tertiary/aromatic N) is 3. The second kappa shape index (κ2) is 7.85. The lowest BCUT2D eigenvalue weighted by Crippen LogP contribution is -2.31. The maximum atomic E-state index is 11.9. The molecule has 1 aliphatic heterocycles. The van der Waals surface area contributed by atoms with Gasteiger partial charge >= 0.3 is 0 Å². The van der Waals surface area contributed by atoms with Gasteiger partial charge in [0.2, 0.25) is 11.7 Å². The molecular weight excluding hydrogens is 328 g/mol. The van der Waals surface area contributed by atoms with Crippen molar-refractivity contribution in [1.29, 1.82) is 0 Å². The van der Waals surface area contributed by atoms with Gasteiger partial charge in [-0.1, -0.05) is 11.8 Å². The highest BCUT2D eigenvalue weighted by molar-refractivity contribution is 7.99. The molecule has 0 radical (unpaired) electrons. The number of thioether (sulfide) groups is 1. The zero-order chi connectivity index (χ0) is 16.9. The number of amides is 1. The van der Waals surface area contributed by atoms with Gasteiger partial charge in [0.25, 0.3) is 0 Å². The third-order valence-corrected chi connectivity index (χ3v) is 4.62. The predicted molar refractivity (Wildman–Crippen MR) is 90.7 cm³/mol. The van der Waals surface area contributed by atoms with Crippen LogP contribution in [0, 0.1) is 0 Å². The lowest BCUT2D eigenvalue weighted by Gasteiger charge is -2.14. The predicted octanol–water partition coefficient (Wildman–Crippen LogP) is 2.33. The Kier molecular flexibility index (Phi) is 5.57. The van der Waals surface area contributed by atoms with Crippen molar-refractivity contribution in [2.75, 3.05) is 12.4 Å². The fourth-order valence-corrected chi connectivity index (χ4v) is 3.39. The van der Waals surface area contributed by atoms with Crippen molar-refractivity contribution >= 4 is 17.7 Å².